The summed E-state index contributed by atoms with van der Waals surface area (Å²) in [6.07, 6.45) is 2.23. The molecule has 1 aromatic rings. The van der Waals surface area contributed by atoms with Gasteiger partial charge in [0.15, 0.2) is 0 Å². The second-order valence-electron chi connectivity index (χ2n) is 3.18. The summed E-state index contributed by atoms with van der Waals surface area (Å²) in [5.41, 5.74) is 14.6. The quantitative estimate of drug-likeness (QED) is 0.633. The van der Waals surface area contributed by atoms with Gasteiger partial charge in [-0.2, -0.15) is 0 Å². The minimum absolute atomic E-state index is 0.606. The van der Waals surface area contributed by atoms with Crippen molar-refractivity contribution in [3.8, 4) is 0 Å². The van der Waals surface area contributed by atoms with Crippen LogP contribution >= 0.6 is 15.9 Å². The van der Waals surface area contributed by atoms with Gasteiger partial charge in [-0.25, -0.2) is 0 Å². The fourth-order valence-electron chi connectivity index (χ4n) is 1.46. The normalized spacial score (nSPS) is 10.4. The predicted octanol–water partition coefficient (Wildman–Crippen LogP) is 1.66. The number of benzene rings is 1. The highest BCUT2D eigenvalue weighted by molar-refractivity contribution is 9.10. The molecule has 0 spiro atoms. The number of nitrogens with two attached hydrogens (primary N) is 2. The van der Waals surface area contributed by atoms with Crippen molar-refractivity contribution in [2.24, 2.45) is 5.73 Å². The molecule has 0 bridgehead atoms. The highest BCUT2D eigenvalue weighted by Crippen LogP contribution is 2.27. The SMILES string of the molecule is [B]CCc1ccc(Br)c(CCN)c1N. The smallest absolute Gasteiger partial charge is 0.0657 e. The largest absolute Gasteiger partial charge is 0.398 e. The zero-order valence-corrected chi connectivity index (χ0v) is 9.68. The number of hydrogen-bond acceptors (Lipinski definition) is 2. The van der Waals surface area contributed by atoms with E-state index in [0.29, 0.717) is 12.9 Å². The topological polar surface area (TPSA) is 52.0 Å². The van der Waals surface area contributed by atoms with Crippen LogP contribution in [0.2, 0.25) is 6.32 Å². The number of hydrogen-bond donors (Lipinski definition) is 2. The molecule has 14 heavy (non-hydrogen) atoms. The maximum absolute atomic E-state index is 6.02. The van der Waals surface area contributed by atoms with E-state index in [1.807, 2.05) is 12.1 Å². The molecule has 4 N–H and O–H groups in total. The number of anilines is 1. The van der Waals surface area contributed by atoms with E-state index in [1.165, 1.54) is 0 Å². The van der Waals surface area contributed by atoms with E-state index in [1.54, 1.807) is 0 Å². The Morgan fingerprint density at radius 2 is 2.00 bits per heavy atom. The third kappa shape index (κ3) is 2.52. The van der Waals surface area contributed by atoms with Gasteiger partial charge in [-0.05, 0) is 36.6 Å². The molecule has 0 saturated heterocycles. The highest BCUT2D eigenvalue weighted by Gasteiger charge is 2.07. The first-order valence-electron chi connectivity index (χ1n) is 4.66. The summed E-state index contributed by atoms with van der Waals surface area (Å²) in [7, 11) is 5.50. The molecule has 0 amide bonds. The van der Waals surface area contributed by atoms with Gasteiger partial charge in [0, 0.05) is 10.2 Å². The molecule has 1 aromatic carbocycles. The molecule has 0 aliphatic rings. The van der Waals surface area contributed by atoms with Gasteiger partial charge >= 0.3 is 0 Å². The van der Waals surface area contributed by atoms with Gasteiger partial charge in [0.05, 0.1) is 7.85 Å². The van der Waals surface area contributed by atoms with Gasteiger partial charge in [-0.3, -0.25) is 0 Å². The van der Waals surface area contributed by atoms with Crippen LogP contribution in [0.5, 0.6) is 0 Å². The van der Waals surface area contributed by atoms with E-state index < -0.39 is 0 Å². The molecule has 4 heteroatoms. The van der Waals surface area contributed by atoms with E-state index in [9.17, 15) is 0 Å². The van der Waals surface area contributed by atoms with Crippen molar-refractivity contribution in [2.75, 3.05) is 12.3 Å². The summed E-state index contributed by atoms with van der Waals surface area (Å²) in [4.78, 5) is 0. The standard InChI is InChI=1S/C10H14BBrN2/c11-5-3-7-1-2-9(12)8(4-6-13)10(7)14/h1-2H,3-6,13-14H2. The van der Waals surface area contributed by atoms with Gasteiger partial charge in [-0.1, -0.05) is 28.3 Å². The molecule has 0 atom stereocenters. The van der Waals surface area contributed by atoms with E-state index >= 15 is 0 Å². The van der Waals surface area contributed by atoms with Crippen molar-refractivity contribution in [2.45, 2.75) is 19.2 Å². The lowest BCUT2D eigenvalue weighted by Gasteiger charge is -2.11. The molecule has 0 aromatic heterocycles. The fraction of sp³-hybridized carbons (Fsp3) is 0.400. The first-order chi connectivity index (χ1) is 6.70. The van der Waals surface area contributed by atoms with Crippen LogP contribution in [0.25, 0.3) is 0 Å². The zero-order chi connectivity index (χ0) is 10.6. The Bertz CT molecular complexity index is 315. The average molecular weight is 253 g/mol. The molecular weight excluding hydrogens is 239 g/mol. The average Bonchev–Trinajstić information content (AvgIpc) is 2.17. The summed E-state index contributed by atoms with van der Waals surface area (Å²) in [6.45, 7) is 0.606. The Labute approximate surface area is 94.6 Å². The van der Waals surface area contributed by atoms with Crippen molar-refractivity contribution >= 4 is 29.5 Å². The van der Waals surface area contributed by atoms with E-state index in [2.05, 4.69) is 15.9 Å². The second kappa shape index (κ2) is 5.42. The molecule has 0 heterocycles. The molecule has 0 aliphatic heterocycles. The van der Waals surface area contributed by atoms with Crippen molar-refractivity contribution in [3.63, 3.8) is 0 Å². The minimum atomic E-state index is 0.606. The molecular formula is C10H14BBrN2. The Hall–Kier alpha value is -0.475. The Kier molecular flexibility index (Phi) is 4.49. The van der Waals surface area contributed by atoms with Gasteiger partial charge in [-0.15, -0.1) is 0 Å². The second-order valence-corrected chi connectivity index (χ2v) is 4.03. The Morgan fingerprint density at radius 1 is 1.29 bits per heavy atom. The molecule has 0 aliphatic carbocycles. The van der Waals surface area contributed by atoms with Crippen molar-refractivity contribution in [1.29, 1.82) is 0 Å². The number of aryl methyl sites for hydroxylation is 1. The van der Waals surface area contributed by atoms with Crippen LogP contribution in [0.4, 0.5) is 5.69 Å². The Balaban J connectivity index is 3.05. The Morgan fingerprint density at radius 3 is 2.57 bits per heavy atom. The van der Waals surface area contributed by atoms with Crippen molar-refractivity contribution < 1.29 is 0 Å². The highest BCUT2D eigenvalue weighted by atomic mass is 79.9. The molecule has 0 saturated carbocycles. The maximum Gasteiger partial charge on any atom is 0.0657 e. The van der Waals surface area contributed by atoms with Gasteiger partial charge in [0.2, 0.25) is 0 Å². The van der Waals surface area contributed by atoms with Crippen LogP contribution in [-0.2, 0) is 12.8 Å². The summed E-state index contributed by atoms with van der Waals surface area (Å²) < 4.78 is 1.03. The number of rotatable bonds is 4. The lowest BCUT2D eigenvalue weighted by Crippen LogP contribution is -2.08. The van der Waals surface area contributed by atoms with Crippen molar-refractivity contribution in [1.82, 2.24) is 0 Å². The molecule has 1 rings (SSSR count). The van der Waals surface area contributed by atoms with Crippen molar-refractivity contribution in [3.05, 3.63) is 27.7 Å². The lowest BCUT2D eigenvalue weighted by atomic mass is 9.94. The maximum atomic E-state index is 6.02. The van der Waals surface area contributed by atoms with E-state index in [-0.39, 0.29) is 0 Å². The summed E-state index contributed by atoms with van der Waals surface area (Å²) in [6, 6.07) is 4.01. The van der Waals surface area contributed by atoms with Gasteiger partial charge < -0.3 is 11.5 Å². The first-order valence-corrected chi connectivity index (χ1v) is 5.45. The lowest BCUT2D eigenvalue weighted by molar-refractivity contribution is 0.960. The molecule has 74 valence electrons. The van der Waals surface area contributed by atoms with Gasteiger partial charge in [0.25, 0.3) is 0 Å². The van der Waals surface area contributed by atoms with Crippen LogP contribution in [-0.4, -0.2) is 14.4 Å². The van der Waals surface area contributed by atoms with Crippen LogP contribution in [0.3, 0.4) is 0 Å². The first kappa shape index (κ1) is 11.6. The van der Waals surface area contributed by atoms with Crippen LogP contribution in [0.15, 0.2) is 16.6 Å². The van der Waals surface area contributed by atoms with Gasteiger partial charge in [0.1, 0.15) is 0 Å². The van der Waals surface area contributed by atoms with Crippen LogP contribution in [0.1, 0.15) is 11.1 Å². The fourth-order valence-corrected chi connectivity index (χ4v) is 2.00. The molecule has 0 unspecified atom stereocenters. The monoisotopic (exact) mass is 252 g/mol. The molecule has 2 radical (unpaired) electrons. The summed E-state index contributed by atoms with van der Waals surface area (Å²) >= 11 is 3.47. The number of halogens is 1. The van der Waals surface area contributed by atoms with Crippen LogP contribution in [0, 0.1) is 0 Å². The van der Waals surface area contributed by atoms with E-state index in [0.717, 1.165) is 34.1 Å². The molecule has 0 fully saturated rings. The minimum Gasteiger partial charge on any atom is -0.398 e. The summed E-state index contributed by atoms with van der Waals surface area (Å²) in [5.74, 6) is 0. The third-order valence-corrected chi connectivity index (χ3v) is 2.94. The molecule has 2 nitrogen and oxygen atoms in total. The zero-order valence-electron chi connectivity index (χ0n) is 8.09. The predicted molar refractivity (Wildman–Crippen MR) is 65.6 cm³/mol. The van der Waals surface area contributed by atoms with E-state index in [4.69, 9.17) is 19.3 Å². The number of nitrogen functional groups attached to an aromatic ring is 1. The van der Waals surface area contributed by atoms with Crippen LogP contribution < -0.4 is 11.5 Å². The third-order valence-electron chi connectivity index (χ3n) is 2.20. The summed E-state index contributed by atoms with van der Waals surface area (Å²) in [5, 5.41) is 0.